The molecule has 21 heavy (non-hydrogen) atoms. The van der Waals surface area contributed by atoms with Crippen molar-refractivity contribution in [3.8, 4) is 11.5 Å². The Morgan fingerprint density at radius 3 is 2.29 bits per heavy atom. The number of carbonyl (C=O) groups is 1. The van der Waals surface area contributed by atoms with E-state index < -0.39 is 15.8 Å². The Labute approximate surface area is 122 Å². The first kappa shape index (κ1) is 15.1. The molecule has 110 valence electrons. The largest absolute Gasteiger partial charge is 0.478 e. The zero-order chi connectivity index (χ0) is 15.6. The number of rotatable bonds is 4. The minimum absolute atomic E-state index is 0.0603. The predicted octanol–water partition coefficient (Wildman–Crippen LogP) is 2.89. The van der Waals surface area contributed by atoms with E-state index >= 15 is 0 Å². The Morgan fingerprint density at radius 1 is 1.05 bits per heavy atom. The summed E-state index contributed by atoms with van der Waals surface area (Å²) in [6, 6.07) is 10.8. The topological polar surface area (TPSA) is 80.7 Å². The Hall–Kier alpha value is -2.34. The van der Waals surface area contributed by atoms with E-state index in [1.807, 2.05) is 0 Å². The van der Waals surface area contributed by atoms with Crippen LogP contribution < -0.4 is 4.74 Å². The van der Waals surface area contributed by atoms with E-state index in [1.54, 1.807) is 31.2 Å². The van der Waals surface area contributed by atoms with Crippen molar-refractivity contribution in [3.63, 3.8) is 0 Å². The lowest BCUT2D eigenvalue weighted by Gasteiger charge is -2.13. The monoisotopic (exact) mass is 306 g/mol. The first-order valence-electron chi connectivity index (χ1n) is 6.10. The smallest absolute Gasteiger partial charge is 0.336 e. The van der Waals surface area contributed by atoms with Crippen molar-refractivity contribution in [1.82, 2.24) is 0 Å². The highest BCUT2D eigenvalue weighted by Gasteiger charge is 2.16. The van der Waals surface area contributed by atoms with Crippen LogP contribution in [0.2, 0.25) is 0 Å². The Bertz CT molecular complexity index is 793. The first-order chi connectivity index (χ1) is 9.80. The molecule has 1 N–H and O–H groups in total. The van der Waals surface area contributed by atoms with Gasteiger partial charge in [-0.1, -0.05) is 18.2 Å². The van der Waals surface area contributed by atoms with E-state index in [-0.39, 0.29) is 16.2 Å². The zero-order valence-electron chi connectivity index (χ0n) is 11.5. The van der Waals surface area contributed by atoms with E-state index in [9.17, 15) is 13.2 Å². The van der Waals surface area contributed by atoms with Gasteiger partial charge in [-0.15, -0.1) is 0 Å². The number of aromatic carboxylic acids is 1. The van der Waals surface area contributed by atoms with Gasteiger partial charge in [-0.05, 0) is 31.2 Å². The molecule has 0 fully saturated rings. The second kappa shape index (κ2) is 5.57. The molecule has 5 nitrogen and oxygen atoms in total. The summed E-state index contributed by atoms with van der Waals surface area (Å²) < 4.78 is 29.1. The average Bonchev–Trinajstić information content (AvgIpc) is 2.40. The van der Waals surface area contributed by atoms with Gasteiger partial charge < -0.3 is 9.84 Å². The SMILES string of the molecule is Cc1c(Oc2ccccc2S(C)(=O)=O)cccc1C(=O)O. The molecule has 0 radical (unpaired) electrons. The number of hydrogen-bond acceptors (Lipinski definition) is 4. The maximum atomic E-state index is 11.7. The molecular weight excluding hydrogens is 292 g/mol. The Morgan fingerprint density at radius 2 is 1.67 bits per heavy atom. The molecular formula is C15H14O5S. The summed E-state index contributed by atoms with van der Waals surface area (Å²) in [6.07, 6.45) is 1.09. The molecule has 0 heterocycles. The third-order valence-corrected chi connectivity index (χ3v) is 4.12. The van der Waals surface area contributed by atoms with Gasteiger partial charge in [0.15, 0.2) is 9.84 Å². The zero-order valence-corrected chi connectivity index (χ0v) is 12.3. The fourth-order valence-electron chi connectivity index (χ4n) is 1.92. The minimum atomic E-state index is -3.43. The van der Waals surface area contributed by atoms with Crippen LogP contribution in [-0.2, 0) is 9.84 Å². The fraction of sp³-hybridized carbons (Fsp3) is 0.133. The summed E-state index contributed by atoms with van der Waals surface area (Å²) in [7, 11) is -3.43. The second-order valence-electron chi connectivity index (χ2n) is 4.55. The average molecular weight is 306 g/mol. The molecule has 0 bridgehead atoms. The number of hydrogen-bond donors (Lipinski definition) is 1. The Kier molecular flexibility index (Phi) is 3.99. The molecule has 0 saturated heterocycles. The number of benzene rings is 2. The van der Waals surface area contributed by atoms with Crippen molar-refractivity contribution in [2.24, 2.45) is 0 Å². The lowest BCUT2D eigenvalue weighted by atomic mass is 10.1. The van der Waals surface area contributed by atoms with Crippen LogP contribution in [0.25, 0.3) is 0 Å². The highest BCUT2D eigenvalue weighted by atomic mass is 32.2. The van der Waals surface area contributed by atoms with Crippen molar-refractivity contribution in [3.05, 3.63) is 53.6 Å². The molecule has 0 spiro atoms. The maximum Gasteiger partial charge on any atom is 0.336 e. The molecule has 2 aromatic carbocycles. The third-order valence-electron chi connectivity index (χ3n) is 2.98. The molecule has 0 amide bonds. The summed E-state index contributed by atoms with van der Waals surface area (Å²) in [5.74, 6) is -0.578. The normalized spacial score (nSPS) is 11.1. The summed E-state index contributed by atoms with van der Waals surface area (Å²) in [5, 5.41) is 9.09. The standard InChI is InChI=1S/C15H14O5S/c1-10-11(15(16)17)6-5-8-12(10)20-13-7-3-4-9-14(13)21(2,18)19/h3-9H,1-2H3,(H,16,17). The fourth-order valence-corrected chi connectivity index (χ4v) is 2.72. The summed E-state index contributed by atoms with van der Waals surface area (Å²) >= 11 is 0. The van der Waals surface area contributed by atoms with Gasteiger partial charge in [-0.2, -0.15) is 0 Å². The van der Waals surface area contributed by atoms with E-state index in [1.165, 1.54) is 18.2 Å². The molecule has 2 rings (SSSR count). The van der Waals surface area contributed by atoms with E-state index in [4.69, 9.17) is 9.84 Å². The first-order valence-corrected chi connectivity index (χ1v) is 7.99. The van der Waals surface area contributed by atoms with Gasteiger partial charge in [0.1, 0.15) is 16.4 Å². The van der Waals surface area contributed by atoms with Gasteiger partial charge in [0.25, 0.3) is 0 Å². The molecule has 0 unspecified atom stereocenters. The molecule has 0 saturated carbocycles. The van der Waals surface area contributed by atoms with Crippen molar-refractivity contribution >= 4 is 15.8 Å². The Balaban J connectivity index is 2.50. The second-order valence-corrected chi connectivity index (χ2v) is 6.54. The van der Waals surface area contributed by atoms with Crippen LogP contribution in [0.3, 0.4) is 0 Å². The van der Waals surface area contributed by atoms with Crippen LogP contribution in [0, 0.1) is 6.92 Å². The van der Waals surface area contributed by atoms with Crippen LogP contribution in [0.1, 0.15) is 15.9 Å². The van der Waals surface area contributed by atoms with Gasteiger partial charge in [0, 0.05) is 11.8 Å². The number of sulfone groups is 1. The highest BCUT2D eigenvalue weighted by molar-refractivity contribution is 7.90. The van der Waals surface area contributed by atoms with Crippen LogP contribution in [0.5, 0.6) is 11.5 Å². The van der Waals surface area contributed by atoms with Gasteiger partial charge in [0.2, 0.25) is 0 Å². The molecule has 0 aliphatic rings. The molecule has 2 aromatic rings. The van der Waals surface area contributed by atoms with Crippen LogP contribution in [-0.4, -0.2) is 25.7 Å². The van der Waals surface area contributed by atoms with Crippen molar-refractivity contribution in [2.75, 3.05) is 6.26 Å². The molecule has 6 heteroatoms. The quantitative estimate of drug-likeness (QED) is 0.939. The summed E-state index contributed by atoms with van der Waals surface area (Å²) in [6.45, 7) is 1.61. The molecule has 0 aromatic heterocycles. The third kappa shape index (κ3) is 3.22. The number of carboxylic acid groups (broad SMARTS) is 1. The molecule has 0 aliphatic carbocycles. The highest BCUT2D eigenvalue weighted by Crippen LogP contribution is 2.31. The number of para-hydroxylation sites is 1. The van der Waals surface area contributed by atoms with Crippen molar-refractivity contribution in [1.29, 1.82) is 0 Å². The van der Waals surface area contributed by atoms with E-state index in [2.05, 4.69) is 0 Å². The minimum Gasteiger partial charge on any atom is -0.478 e. The number of carboxylic acids is 1. The summed E-state index contributed by atoms with van der Waals surface area (Å²) in [4.78, 5) is 11.2. The number of ether oxygens (including phenoxy) is 1. The van der Waals surface area contributed by atoms with Gasteiger partial charge in [-0.3, -0.25) is 0 Å². The lowest BCUT2D eigenvalue weighted by molar-refractivity contribution is 0.0695. The van der Waals surface area contributed by atoms with Crippen LogP contribution in [0.4, 0.5) is 0 Å². The van der Waals surface area contributed by atoms with E-state index in [0.717, 1.165) is 6.26 Å². The van der Waals surface area contributed by atoms with Crippen LogP contribution in [0.15, 0.2) is 47.4 Å². The predicted molar refractivity (Wildman–Crippen MR) is 77.8 cm³/mol. The van der Waals surface area contributed by atoms with Gasteiger partial charge >= 0.3 is 5.97 Å². The molecule has 0 atom stereocenters. The van der Waals surface area contributed by atoms with Gasteiger partial charge in [-0.25, -0.2) is 13.2 Å². The lowest BCUT2D eigenvalue weighted by Crippen LogP contribution is -2.03. The summed E-state index contributed by atoms with van der Waals surface area (Å²) in [5.41, 5.74) is 0.553. The van der Waals surface area contributed by atoms with E-state index in [0.29, 0.717) is 11.3 Å². The van der Waals surface area contributed by atoms with Crippen molar-refractivity contribution in [2.45, 2.75) is 11.8 Å². The van der Waals surface area contributed by atoms with Crippen LogP contribution >= 0.6 is 0 Å². The van der Waals surface area contributed by atoms with Crippen molar-refractivity contribution < 1.29 is 23.1 Å². The maximum absolute atomic E-state index is 11.7. The van der Waals surface area contributed by atoms with Gasteiger partial charge in [0.05, 0.1) is 5.56 Å². The molecule has 0 aliphatic heterocycles.